The summed E-state index contributed by atoms with van der Waals surface area (Å²) in [5.41, 5.74) is 5.34. The zero-order valence-corrected chi connectivity index (χ0v) is 25.1. The van der Waals surface area contributed by atoms with Crippen LogP contribution < -0.4 is 0 Å². The van der Waals surface area contributed by atoms with Gasteiger partial charge in [0.25, 0.3) is 0 Å². The Morgan fingerprint density at radius 2 is 1.18 bits per heavy atom. The van der Waals surface area contributed by atoms with Gasteiger partial charge in [-0.2, -0.15) is 0 Å². The van der Waals surface area contributed by atoms with Crippen molar-refractivity contribution in [3.8, 4) is 11.3 Å². The van der Waals surface area contributed by atoms with E-state index < -0.39 is 0 Å². The van der Waals surface area contributed by atoms with Crippen molar-refractivity contribution in [2.24, 2.45) is 11.8 Å². The molecule has 2 nitrogen and oxygen atoms in total. The van der Waals surface area contributed by atoms with E-state index in [1.807, 2.05) is 0 Å². The van der Waals surface area contributed by atoms with E-state index in [4.69, 9.17) is 4.98 Å². The van der Waals surface area contributed by atoms with Crippen LogP contribution in [-0.2, 0) is 12.8 Å². The maximum atomic E-state index is 4.82. The minimum atomic E-state index is 0.885. The van der Waals surface area contributed by atoms with Gasteiger partial charge in [-0.05, 0) is 48.6 Å². The van der Waals surface area contributed by atoms with Crippen LogP contribution in [0.1, 0.15) is 153 Å². The summed E-state index contributed by atoms with van der Waals surface area (Å²) in [4.78, 5) is 9.26. The number of hydrogen-bond donors (Lipinski definition) is 0. The van der Waals surface area contributed by atoms with Crippen LogP contribution in [0.3, 0.4) is 0 Å². The van der Waals surface area contributed by atoms with Crippen LogP contribution in [0.4, 0.5) is 0 Å². The summed E-state index contributed by atoms with van der Waals surface area (Å²) >= 11 is 0. The van der Waals surface area contributed by atoms with Gasteiger partial charge in [0.05, 0.1) is 5.69 Å². The van der Waals surface area contributed by atoms with Crippen LogP contribution >= 0.6 is 0 Å². The minimum Gasteiger partial charge on any atom is -0.244 e. The molecule has 1 aromatic carbocycles. The van der Waals surface area contributed by atoms with Crippen LogP contribution in [0.2, 0.25) is 0 Å². The third-order valence-electron chi connectivity index (χ3n) is 9.11. The topological polar surface area (TPSA) is 25.8 Å². The Morgan fingerprint density at radius 1 is 0.605 bits per heavy atom. The molecule has 2 heteroatoms. The van der Waals surface area contributed by atoms with Gasteiger partial charge in [0.15, 0.2) is 0 Å². The molecule has 212 valence electrons. The highest BCUT2D eigenvalue weighted by atomic mass is 14.8. The molecule has 1 fully saturated rings. The van der Waals surface area contributed by atoms with E-state index in [0.717, 1.165) is 24.7 Å². The van der Waals surface area contributed by atoms with E-state index in [-0.39, 0.29) is 0 Å². The molecule has 0 spiro atoms. The molecular weight excluding hydrogens is 460 g/mol. The highest BCUT2D eigenvalue weighted by Crippen LogP contribution is 2.35. The molecule has 0 bridgehead atoms. The molecule has 1 saturated carbocycles. The van der Waals surface area contributed by atoms with Gasteiger partial charge in [0, 0.05) is 11.8 Å². The lowest BCUT2D eigenvalue weighted by Crippen LogP contribution is -2.15. The number of unbranched alkanes of at least 4 members (excludes halogenated alkanes) is 12. The van der Waals surface area contributed by atoms with Crippen molar-refractivity contribution in [1.29, 1.82) is 0 Å². The smallest absolute Gasteiger partial charge is 0.116 e. The average Bonchev–Trinajstić information content (AvgIpc) is 2.96. The molecule has 1 aliphatic carbocycles. The second-order valence-corrected chi connectivity index (χ2v) is 12.3. The van der Waals surface area contributed by atoms with Crippen molar-refractivity contribution < 1.29 is 0 Å². The lowest BCUT2D eigenvalue weighted by atomic mass is 9.77. The maximum Gasteiger partial charge on any atom is 0.116 e. The lowest BCUT2D eigenvalue weighted by Gasteiger charge is -2.28. The summed E-state index contributed by atoms with van der Waals surface area (Å²) in [7, 11) is 0. The van der Waals surface area contributed by atoms with Gasteiger partial charge in [-0.15, -0.1) is 0 Å². The van der Waals surface area contributed by atoms with E-state index in [1.165, 1.54) is 151 Å². The van der Waals surface area contributed by atoms with Gasteiger partial charge >= 0.3 is 0 Å². The van der Waals surface area contributed by atoms with Crippen LogP contribution in [0, 0.1) is 11.8 Å². The highest BCUT2D eigenvalue weighted by Gasteiger charge is 2.21. The van der Waals surface area contributed by atoms with Crippen molar-refractivity contribution in [2.75, 3.05) is 0 Å². The fourth-order valence-electron chi connectivity index (χ4n) is 6.58. The second kappa shape index (κ2) is 19.4. The summed E-state index contributed by atoms with van der Waals surface area (Å²) in [6.07, 6.45) is 34.3. The number of aromatic nitrogens is 2. The van der Waals surface area contributed by atoms with Crippen molar-refractivity contribution in [3.05, 3.63) is 47.9 Å². The quantitative estimate of drug-likeness (QED) is 0.163. The summed E-state index contributed by atoms with van der Waals surface area (Å²) in [6, 6.07) is 9.00. The van der Waals surface area contributed by atoms with Crippen molar-refractivity contribution >= 4 is 0 Å². The summed E-state index contributed by atoms with van der Waals surface area (Å²) in [5.74, 6) is 1.88. The Bertz CT molecular complexity index is 852. The van der Waals surface area contributed by atoms with Crippen molar-refractivity contribution in [2.45, 2.75) is 155 Å². The van der Waals surface area contributed by atoms with Gasteiger partial charge in [0.1, 0.15) is 6.33 Å². The molecule has 1 aromatic heterocycles. The molecule has 2 aromatic rings. The van der Waals surface area contributed by atoms with Gasteiger partial charge in [-0.3, -0.25) is 0 Å². The molecule has 1 aliphatic rings. The zero-order chi connectivity index (χ0) is 26.7. The highest BCUT2D eigenvalue weighted by molar-refractivity contribution is 5.66. The number of nitrogens with zero attached hydrogens (tertiary/aromatic N) is 2. The fourth-order valence-corrected chi connectivity index (χ4v) is 6.58. The second-order valence-electron chi connectivity index (χ2n) is 12.3. The average molecular weight is 519 g/mol. The van der Waals surface area contributed by atoms with Crippen LogP contribution in [0.15, 0.2) is 36.8 Å². The molecule has 0 amide bonds. The molecule has 3 rings (SSSR count). The Morgan fingerprint density at radius 3 is 1.87 bits per heavy atom. The van der Waals surface area contributed by atoms with Crippen molar-refractivity contribution in [1.82, 2.24) is 9.97 Å². The largest absolute Gasteiger partial charge is 0.244 e. The van der Waals surface area contributed by atoms with Gasteiger partial charge in [0.2, 0.25) is 0 Å². The molecule has 0 atom stereocenters. The third-order valence-corrected chi connectivity index (χ3v) is 9.11. The Balaban J connectivity index is 1.41. The number of benzene rings is 1. The first kappa shape index (κ1) is 30.8. The normalized spacial score (nSPS) is 17.6. The van der Waals surface area contributed by atoms with Gasteiger partial charge in [-0.1, -0.05) is 154 Å². The standard InChI is InChI=1S/C36H58N2/c1-3-5-7-9-11-13-15-19-31-23-25-32(26-24-31)27-28-34-29-37-30-38-36(34)35-22-18-17-21-33(35)20-16-14-12-10-8-6-4-2/h17-18,21-22,29-32H,3-16,19-20,23-28H2,1-2H3. The molecule has 38 heavy (non-hydrogen) atoms. The predicted molar refractivity (Wildman–Crippen MR) is 166 cm³/mol. The summed E-state index contributed by atoms with van der Waals surface area (Å²) in [5, 5.41) is 0. The SMILES string of the molecule is CCCCCCCCCc1ccccc1-c1ncncc1CCC1CCC(CCCCCCCCC)CC1. The molecule has 0 radical (unpaired) electrons. The maximum absolute atomic E-state index is 4.82. The molecule has 0 aliphatic heterocycles. The first-order valence-electron chi connectivity index (χ1n) is 16.7. The van der Waals surface area contributed by atoms with E-state index in [1.54, 1.807) is 6.33 Å². The zero-order valence-electron chi connectivity index (χ0n) is 25.1. The van der Waals surface area contributed by atoms with E-state index in [2.05, 4.69) is 49.3 Å². The van der Waals surface area contributed by atoms with Crippen LogP contribution in [-0.4, -0.2) is 9.97 Å². The number of rotatable bonds is 20. The molecule has 0 saturated heterocycles. The minimum absolute atomic E-state index is 0.885. The monoisotopic (exact) mass is 518 g/mol. The van der Waals surface area contributed by atoms with E-state index in [9.17, 15) is 0 Å². The van der Waals surface area contributed by atoms with E-state index >= 15 is 0 Å². The van der Waals surface area contributed by atoms with Crippen LogP contribution in [0.25, 0.3) is 11.3 Å². The molecule has 1 heterocycles. The lowest BCUT2D eigenvalue weighted by molar-refractivity contribution is 0.248. The van der Waals surface area contributed by atoms with Crippen molar-refractivity contribution in [3.63, 3.8) is 0 Å². The van der Waals surface area contributed by atoms with E-state index in [0.29, 0.717) is 0 Å². The Hall–Kier alpha value is -1.70. The van der Waals surface area contributed by atoms with Crippen LogP contribution in [0.5, 0.6) is 0 Å². The number of aryl methyl sites for hydroxylation is 2. The Kier molecular flexibility index (Phi) is 15.7. The molecule has 0 N–H and O–H groups in total. The van der Waals surface area contributed by atoms with Gasteiger partial charge < -0.3 is 0 Å². The Labute approximate surface area is 235 Å². The van der Waals surface area contributed by atoms with Gasteiger partial charge in [-0.25, -0.2) is 9.97 Å². The number of hydrogen-bond acceptors (Lipinski definition) is 2. The fraction of sp³-hybridized carbons (Fsp3) is 0.722. The molecular formula is C36H58N2. The summed E-state index contributed by atoms with van der Waals surface area (Å²) < 4.78 is 0. The predicted octanol–water partition coefficient (Wildman–Crippen LogP) is 11.3. The first-order chi connectivity index (χ1) is 18.8. The first-order valence-corrected chi connectivity index (χ1v) is 16.7. The summed E-state index contributed by atoms with van der Waals surface area (Å²) in [6.45, 7) is 4.60. The molecule has 0 unspecified atom stereocenters. The third kappa shape index (κ3) is 11.6.